The number of ether oxygens (including phenoxy) is 3. The number of methoxy groups -OCH3 is 2. The summed E-state index contributed by atoms with van der Waals surface area (Å²) >= 11 is 0. The zero-order valence-corrected chi connectivity index (χ0v) is 15.8. The van der Waals surface area contributed by atoms with Crippen molar-refractivity contribution in [1.82, 2.24) is 5.32 Å². The molecule has 0 spiro atoms. The molecule has 1 N–H and O–H groups in total. The number of nitrogens with one attached hydrogen (secondary N) is 1. The lowest BCUT2D eigenvalue weighted by molar-refractivity contribution is -0.144. The van der Waals surface area contributed by atoms with Gasteiger partial charge in [0.05, 0.1) is 20.8 Å². The first kappa shape index (κ1) is 20.8. The van der Waals surface area contributed by atoms with Gasteiger partial charge in [-0.25, -0.2) is 4.79 Å². The third-order valence-corrected chi connectivity index (χ3v) is 4.14. The second-order valence-corrected chi connectivity index (χ2v) is 5.93. The Morgan fingerprint density at radius 3 is 2.44 bits per heavy atom. The largest absolute Gasteiger partial charge is 0.493 e. The van der Waals surface area contributed by atoms with Crippen LogP contribution in [0.2, 0.25) is 0 Å². The van der Waals surface area contributed by atoms with Crippen LogP contribution in [-0.2, 0) is 9.53 Å². The second kappa shape index (κ2) is 10.6. The molecule has 0 saturated carbocycles. The number of carbonyl (C=O) groups excluding carboxylic acids is 2. The van der Waals surface area contributed by atoms with Crippen molar-refractivity contribution < 1.29 is 23.8 Å². The van der Waals surface area contributed by atoms with E-state index in [9.17, 15) is 9.59 Å². The highest BCUT2D eigenvalue weighted by molar-refractivity contribution is 5.97. The predicted molar refractivity (Wildman–Crippen MR) is 96.1 cm³/mol. The van der Waals surface area contributed by atoms with Crippen LogP contribution in [-0.4, -0.2) is 38.7 Å². The molecule has 1 rings (SSSR count). The first-order chi connectivity index (χ1) is 12.0. The number of benzene rings is 1. The van der Waals surface area contributed by atoms with E-state index >= 15 is 0 Å². The van der Waals surface area contributed by atoms with E-state index in [1.807, 2.05) is 13.8 Å². The summed E-state index contributed by atoms with van der Waals surface area (Å²) in [5.74, 6) is 0.249. The van der Waals surface area contributed by atoms with Crippen LogP contribution in [0.3, 0.4) is 0 Å². The van der Waals surface area contributed by atoms with Gasteiger partial charge >= 0.3 is 5.97 Å². The molecule has 1 amide bonds. The van der Waals surface area contributed by atoms with Gasteiger partial charge < -0.3 is 19.5 Å². The van der Waals surface area contributed by atoms with Gasteiger partial charge in [0, 0.05) is 5.56 Å². The third-order valence-electron chi connectivity index (χ3n) is 4.14. The third kappa shape index (κ3) is 5.96. The second-order valence-electron chi connectivity index (χ2n) is 5.93. The summed E-state index contributed by atoms with van der Waals surface area (Å²) in [6.07, 6.45) is 2.72. The summed E-state index contributed by atoms with van der Waals surface area (Å²) in [7, 11) is 2.84. The van der Waals surface area contributed by atoms with Crippen molar-refractivity contribution in [1.29, 1.82) is 0 Å². The Hall–Kier alpha value is -2.24. The van der Waals surface area contributed by atoms with Crippen molar-refractivity contribution in [2.24, 2.45) is 5.92 Å². The zero-order valence-electron chi connectivity index (χ0n) is 15.8. The number of hydrogen-bond acceptors (Lipinski definition) is 5. The van der Waals surface area contributed by atoms with Crippen molar-refractivity contribution >= 4 is 11.9 Å². The van der Waals surface area contributed by atoms with Gasteiger partial charge in [0.15, 0.2) is 11.5 Å². The number of unbranched alkanes of at least 4 members (excludes halogenated alkanes) is 1. The predicted octanol–water partition coefficient (Wildman–Crippen LogP) is 3.19. The molecule has 2 atom stereocenters. The molecule has 1 aromatic carbocycles. The van der Waals surface area contributed by atoms with Crippen LogP contribution in [0.5, 0.6) is 11.5 Å². The van der Waals surface area contributed by atoms with E-state index in [2.05, 4.69) is 12.2 Å². The average Bonchev–Trinajstić information content (AvgIpc) is 2.64. The minimum absolute atomic E-state index is 0.0325. The number of amides is 1. The Kier molecular flexibility index (Phi) is 8.81. The monoisotopic (exact) mass is 351 g/mol. The minimum Gasteiger partial charge on any atom is -0.493 e. The molecule has 6 heteroatoms. The molecule has 0 fully saturated rings. The Balaban J connectivity index is 2.91. The lowest BCUT2D eigenvalue weighted by Crippen LogP contribution is -2.45. The summed E-state index contributed by atoms with van der Waals surface area (Å²) in [6.45, 7) is 6.53. The molecule has 0 radical (unpaired) electrons. The number of esters is 1. The quantitative estimate of drug-likeness (QED) is 0.518. The van der Waals surface area contributed by atoms with Crippen molar-refractivity contribution in [3.05, 3.63) is 23.8 Å². The fourth-order valence-corrected chi connectivity index (χ4v) is 2.28. The standard InChI is InChI=1S/C19H29NO5/c1-6-8-11-25-15-10-9-14(12-16(15)23-4)18(21)20-17(13(3)7-2)19(22)24-5/h9-10,12-13,17H,6-8,11H2,1-5H3,(H,20,21). The number of carbonyl (C=O) groups is 2. The Morgan fingerprint density at radius 1 is 1.16 bits per heavy atom. The Labute approximate surface area is 149 Å². The maximum absolute atomic E-state index is 12.5. The van der Waals surface area contributed by atoms with Gasteiger partial charge in [0.25, 0.3) is 5.91 Å². The average molecular weight is 351 g/mol. The first-order valence-corrected chi connectivity index (χ1v) is 8.67. The van der Waals surface area contributed by atoms with Gasteiger partial charge in [-0.3, -0.25) is 4.79 Å². The van der Waals surface area contributed by atoms with Crippen LogP contribution >= 0.6 is 0 Å². The summed E-state index contributed by atoms with van der Waals surface area (Å²) in [5.41, 5.74) is 0.400. The lowest BCUT2D eigenvalue weighted by atomic mass is 9.99. The van der Waals surface area contributed by atoms with Crippen LogP contribution in [0.25, 0.3) is 0 Å². The summed E-state index contributed by atoms with van der Waals surface area (Å²) in [4.78, 5) is 24.4. The zero-order chi connectivity index (χ0) is 18.8. The molecule has 0 aliphatic carbocycles. The molecule has 0 bridgehead atoms. The van der Waals surface area contributed by atoms with Crippen LogP contribution in [0.15, 0.2) is 18.2 Å². The van der Waals surface area contributed by atoms with Crippen molar-refractivity contribution in [2.75, 3.05) is 20.8 Å². The SMILES string of the molecule is CCCCOc1ccc(C(=O)NC(C(=O)OC)C(C)CC)cc1OC. The first-order valence-electron chi connectivity index (χ1n) is 8.67. The number of rotatable bonds is 10. The summed E-state index contributed by atoms with van der Waals surface area (Å²) in [5, 5.41) is 2.75. The van der Waals surface area contributed by atoms with Gasteiger partial charge in [-0.15, -0.1) is 0 Å². The van der Waals surface area contributed by atoms with Gasteiger partial charge in [-0.2, -0.15) is 0 Å². The fourth-order valence-electron chi connectivity index (χ4n) is 2.28. The van der Waals surface area contributed by atoms with Crippen molar-refractivity contribution in [3.63, 3.8) is 0 Å². The van der Waals surface area contributed by atoms with Gasteiger partial charge in [0.2, 0.25) is 0 Å². The van der Waals surface area contributed by atoms with Crippen LogP contribution in [0.1, 0.15) is 50.4 Å². The van der Waals surface area contributed by atoms with E-state index < -0.39 is 12.0 Å². The lowest BCUT2D eigenvalue weighted by Gasteiger charge is -2.22. The highest BCUT2D eigenvalue weighted by Crippen LogP contribution is 2.28. The molecule has 0 aliphatic heterocycles. The van der Waals surface area contributed by atoms with Gasteiger partial charge in [-0.1, -0.05) is 33.6 Å². The molecular formula is C19H29NO5. The molecule has 1 aromatic rings. The summed E-state index contributed by atoms with van der Waals surface area (Å²) < 4.78 is 15.8. The van der Waals surface area contributed by atoms with E-state index in [1.165, 1.54) is 14.2 Å². The maximum atomic E-state index is 12.5. The Bertz CT molecular complexity index is 573. The Morgan fingerprint density at radius 2 is 1.88 bits per heavy atom. The summed E-state index contributed by atoms with van der Waals surface area (Å²) in [6, 6.07) is 4.29. The molecular weight excluding hydrogens is 322 g/mol. The van der Waals surface area contributed by atoms with Gasteiger partial charge in [-0.05, 0) is 30.5 Å². The van der Waals surface area contributed by atoms with E-state index in [0.29, 0.717) is 23.7 Å². The molecule has 2 unspecified atom stereocenters. The molecule has 0 aliphatic rings. The van der Waals surface area contributed by atoms with Crippen molar-refractivity contribution in [2.45, 2.75) is 46.1 Å². The molecule has 25 heavy (non-hydrogen) atoms. The minimum atomic E-state index is -0.686. The molecule has 140 valence electrons. The van der Waals surface area contributed by atoms with E-state index in [-0.39, 0.29) is 11.8 Å². The maximum Gasteiger partial charge on any atom is 0.328 e. The van der Waals surface area contributed by atoms with E-state index in [4.69, 9.17) is 14.2 Å². The highest BCUT2D eigenvalue weighted by Gasteiger charge is 2.27. The molecule has 0 aromatic heterocycles. The molecule has 0 saturated heterocycles. The molecule has 6 nitrogen and oxygen atoms in total. The normalized spacial score (nSPS) is 12.8. The highest BCUT2D eigenvalue weighted by atomic mass is 16.5. The van der Waals surface area contributed by atoms with Crippen molar-refractivity contribution in [3.8, 4) is 11.5 Å². The topological polar surface area (TPSA) is 73.9 Å². The van der Waals surface area contributed by atoms with E-state index in [1.54, 1.807) is 18.2 Å². The fraction of sp³-hybridized carbons (Fsp3) is 0.579. The number of hydrogen-bond donors (Lipinski definition) is 1. The van der Waals surface area contributed by atoms with Crippen LogP contribution in [0, 0.1) is 5.92 Å². The van der Waals surface area contributed by atoms with E-state index in [0.717, 1.165) is 19.3 Å². The molecule has 0 heterocycles. The van der Waals surface area contributed by atoms with Crippen LogP contribution in [0.4, 0.5) is 0 Å². The smallest absolute Gasteiger partial charge is 0.328 e. The van der Waals surface area contributed by atoms with Gasteiger partial charge in [0.1, 0.15) is 6.04 Å². The van der Waals surface area contributed by atoms with Crippen LogP contribution < -0.4 is 14.8 Å².